The van der Waals surface area contributed by atoms with Crippen molar-refractivity contribution in [3.05, 3.63) is 29.8 Å². The summed E-state index contributed by atoms with van der Waals surface area (Å²) < 4.78 is 35.0. The lowest BCUT2D eigenvalue weighted by molar-refractivity contribution is -0.153. The molecule has 6 nitrogen and oxygen atoms in total. The van der Waals surface area contributed by atoms with Crippen LogP contribution in [0.5, 0.6) is 0 Å². The lowest BCUT2D eigenvalue weighted by Gasteiger charge is -2.25. The van der Waals surface area contributed by atoms with Gasteiger partial charge in [-0.25, -0.2) is 0 Å². The molecule has 0 radical (unpaired) electrons. The Balaban J connectivity index is 0.000000273. The molecule has 1 aromatic carbocycles. The van der Waals surface area contributed by atoms with Gasteiger partial charge in [0.15, 0.2) is 0 Å². The Kier molecular flexibility index (Phi) is 9.25. The van der Waals surface area contributed by atoms with Crippen LogP contribution in [0.3, 0.4) is 0 Å². The first-order valence-corrected chi connectivity index (χ1v) is 10.6. The van der Waals surface area contributed by atoms with Gasteiger partial charge in [-0.05, 0) is 50.7 Å². The number of esters is 1. The molecule has 26 heavy (non-hydrogen) atoms. The van der Waals surface area contributed by atoms with Gasteiger partial charge in [0.25, 0.3) is 10.1 Å². The molecule has 2 atom stereocenters. The molecule has 1 aliphatic carbocycles. The van der Waals surface area contributed by atoms with Crippen LogP contribution in [-0.2, 0) is 19.6 Å². The maximum atomic E-state index is 11.7. The molecule has 1 fully saturated rings. The highest BCUT2D eigenvalue weighted by Crippen LogP contribution is 2.21. The third-order valence-corrected chi connectivity index (χ3v) is 5.55. The zero-order chi connectivity index (χ0) is 19.7. The van der Waals surface area contributed by atoms with Crippen LogP contribution in [0.15, 0.2) is 29.2 Å². The van der Waals surface area contributed by atoms with E-state index in [1.807, 2.05) is 20.8 Å². The Labute approximate surface area is 156 Å². The standard InChI is InChI=1S/C12H23NO2.C7H8O3S/c1-3-9(2)11(13)12(14)15-10-7-5-4-6-8-10;1-6-2-4-7(5-3-6)11(8,9)10/h9-11H,3-8,13H2,1-2H3;2-5H,1H3,(H,8,9,10)/t9?,11-;/m0./s1. The Morgan fingerprint density at radius 2 is 1.77 bits per heavy atom. The van der Waals surface area contributed by atoms with Crippen LogP contribution in [0.25, 0.3) is 0 Å². The minimum Gasteiger partial charge on any atom is -0.461 e. The molecule has 0 aliphatic heterocycles. The molecule has 1 unspecified atom stereocenters. The van der Waals surface area contributed by atoms with E-state index in [1.165, 1.54) is 31.4 Å². The first-order valence-electron chi connectivity index (χ1n) is 9.15. The van der Waals surface area contributed by atoms with Crippen molar-refractivity contribution < 1.29 is 22.5 Å². The quantitative estimate of drug-likeness (QED) is 0.594. The largest absolute Gasteiger partial charge is 0.461 e. The van der Waals surface area contributed by atoms with Gasteiger partial charge in [0.05, 0.1) is 4.90 Å². The highest BCUT2D eigenvalue weighted by Gasteiger charge is 2.25. The van der Waals surface area contributed by atoms with Crippen molar-refractivity contribution in [2.75, 3.05) is 0 Å². The number of carbonyl (C=O) groups is 1. The average molecular weight is 386 g/mol. The summed E-state index contributed by atoms with van der Waals surface area (Å²) in [5, 5.41) is 0. The van der Waals surface area contributed by atoms with E-state index >= 15 is 0 Å². The van der Waals surface area contributed by atoms with Gasteiger partial charge in [0.1, 0.15) is 12.1 Å². The number of carbonyl (C=O) groups excluding carboxylic acids is 1. The third kappa shape index (κ3) is 7.85. The zero-order valence-corrected chi connectivity index (χ0v) is 16.7. The molecular formula is C19H31NO5S. The van der Waals surface area contributed by atoms with E-state index in [2.05, 4.69) is 0 Å². The number of rotatable bonds is 5. The first kappa shape index (κ1) is 22.6. The maximum absolute atomic E-state index is 11.7. The van der Waals surface area contributed by atoms with Crippen LogP contribution in [0, 0.1) is 12.8 Å². The fourth-order valence-electron chi connectivity index (χ4n) is 2.62. The molecule has 0 heterocycles. The molecular weight excluding hydrogens is 354 g/mol. The summed E-state index contributed by atoms with van der Waals surface area (Å²) in [5.41, 5.74) is 6.77. The second kappa shape index (κ2) is 10.6. The van der Waals surface area contributed by atoms with E-state index in [9.17, 15) is 13.2 Å². The lowest BCUT2D eigenvalue weighted by Crippen LogP contribution is -2.40. The van der Waals surface area contributed by atoms with Crippen molar-refractivity contribution in [2.45, 2.75) is 76.3 Å². The van der Waals surface area contributed by atoms with E-state index in [0.717, 1.165) is 24.8 Å². The minimum atomic E-state index is -4.02. The van der Waals surface area contributed by atoms with E-state index in [0.29, 0.717) is 0 Å². The fraction of sp³-hybridized carbons (Fsp3) is 0.632. The highest BCUT2D eigenvalue weighted by atomic mass is 32.2. The smallest absolute Gasteiger partial charge is 0.323 e. The van der Waals surface area contributed by atoms with Crippen LogP contribution >= 0.6 is 0 Å². The molecule has 1 aromatic rings. The third-order valence-electron chi connectivity index (χ3n) is 4.68. The Morgan fingerprint density at radius 1 is 1.23 bits per heavy atom. The van der Waals surface area contributed by atoms with E-state index < -0.39 is 16.2 Å². The van der Waals surface area contributed by atoms with Crippen molar-refractivity contribution in [3.8, 4) is 0 Å². The molecule has 0 bridgehead atoms. The van der Waals surface area contributed by atoms with E-state index in [1.54, 1.807) is 12.1 Å². The van der Waals surface area contributed by atoms with Gasteiger partial charge < -0.3 is 10.5 Å². The summed E-state index contributed by atoms with van der Waals surface area (Å²) in [6.07, 6.45) is 6.69. The van der Waals surface area contributed by atoms with Crippen LogP contribution in [0.4, 0.5) is 0 Å². The molecule has 0 spiro atoms. The Morgan fingerprint density at radius 3 is 2.23 bits per heavy atom. The number of aryl methyl sites for hydroxylation is 1. The summed E-state index contributed by atoms with van der Waals surface area (Å²) >= 11 is 0. The zero-order valence-electron chi connectivity index (χ0n) is 15.8. The van der Waals surface area contributed by atoms with Gasteiger partial charge in [-0.3, -0.25) is 9.35 Å². The molecule has 0 aromatic heterocycles. The van der Waals surface area contributed by atoms with Gasteiger partial charge in [0, 0.05) is 0 Å². The molecule has 148 valence electrons. The molecule has 2 rings (SSSR count). The van der Waals surface area contributed by atoms with E-state index in [4.69, 9.17) is 15.0 Å². The molecule has 1 aliphatic rings. The fourth-order valence-corrected chi connectivity index (χ4v) is 3.10. The molecule has 7 heteroatoms. The van der Waals surface area contributed by atoms with Crippen molar-refractivity contribution >= 4 is 16.1 Å². The van der Waals surface area contributed by atoms with Crippen LogP contribution < -0.4 is 5.73 Å². The van der Waals surface area contributed by atoms with Crippen molar-refractivity contribution in [1.29, 1.82) is 0 Å². The normalized spacial score (nSPS) is 17.6. The van der Waals surface area contributed by atoms with Gasteiger partial charge in [0.2, 0.25) is 0 Å². The summed E-state index contributed by atoms with van der Waals surface area (Å²) in [5.74, 6) is -0.00246. The van der Waals surface area contributed by atoms with Gasteiger partial charge >= 0.3 is 5.97 Å². The molecule has 3 N–H and O–H groups in total. The number of hydrogen-bond acceptors (Lipinski definition) is 5. The van der Waals surface area contributed by atoms with Crippen LogP contribution in [-0.4, -0.2) is 31.1 Å². The number of ether oxygens (including phenoxy) is 1. The Hall–Kier alpha value is -1.44. The van der Waals surface area contributed by atoms with Gasteiger partial charge in [-0.15, -0.1) is 0 Å². The average Bonchev–Trinajstić information content (AvgIpc) is 2.61. The summed E-state index contributed by atoms with van der Waals surface area (Å²) in [6.45, 7) is 5.87. The van der Waals surface area contributed by atoms with Gasteiger partial charge in [-0.1, -0.05) is 44.4 Å². The number of benzene rings is 1. The SMILES string of the molecule is CCC(C)[C@H](N)C(=O)OC1CCCCC1.Cc1ccc(S(=O)(=O)O)cc1. The monoisotopic (exact) mass is 385 g/mol. The van der Waals surface area contributed by atoms with Crippen LogP contribution in [0.2, 0.25) is 0 Å². The van der Waals surface area contributed by atoms with Crippen molar-refractivity contribution in [1.82, 2.24) is 0 Å². The number of nitrogens with two attached hydrogens (primary N) is 1. The predicted octanol–water partition coefficient (Wildman–Crippen LogP) is 3.48. The molecule has 0 amide bonds. The molecule has 1 saturated carbocycles. The number of hydrogen-bond donors (Lipinski definition) is 2. The maximum Gasteiger partial charge on any atom is 0.323 e. The summed E-state index contributed by atoms with van der Waals surface area (Å²) in [4.78, 5) is 11.6. The minimum absolute atomic E-state index is 0.0666. The lowest BCUT2D eigenvalue weighted by atomic mass is 9.97. The second-order valence-corrected chi connectivity index (χ2v) is 8.32. The summed E-state index contributed by atoms with van der Waals surface area (Å²) in [7, 11) is -4.02. The summed E-state index contributed by atoms with van der Waals surface area (Å²) in [6, 6.07) is 5.54. The van der Waals surface area contributed by atoms with Crippen molar-refractivity contribution in [3.63, 3.8) is 0 Å². The second-order valence-electron chi connectivity index (χ2n) is 6.90. The first-order chi connectivity index (χ1) is 12.1. The molecule has 0 saturated heterocycles. The van der Waals surface area contributed by atoms with Gasteiger partial charge in [-0.2, -0.15) is 8.42 Å². The Bertz CT molecular complexity index is 651. The predicted molar refractivity (Wildman–Crippen MR) is 101 cm³/mol. The topological polar surface area (TPSA) is 107 Å². The van der Waals surface area contributed by atoms with Crippen molar-refractivity contribution in [2.24, 2.45) is 11.7 Å². The highest BCUT2D eigenvalue weighted by molar-refractivity contribution is 7.85. The van der Waals surface area contributed by atoms with Crippen LogP contribution in [0.1, 0.15) is 57.9 Å². The van der Waals surface area contributed by atoms with E-state index in [-0.39, 0.29) is 22.9 Å².